The molecule has 26 heavy (non-hydrogen) atoms. The topological polar surface area (TPSA) is 49.8 Å². The fourth-order valence-electron chi connectivity index (χ4n) is 3.93. The van der Waals surface area contributed by atoms with Crippen LogP contribution in [0.1, 0.15) is 76.7 Å². The molecule has 1 aliphatic rings. The number of unbranched alkanes of at least 4 members (excludes halogenated alkanes) is 4. The summed E-state index contributed by atoms with van der Waals surface area (Å²) in [6.45, 7) is 2.74. The van der Waals surface area contributed by atoms with E-state index in [1.54, 1.807) is 0 Å². The van der Waals surface area contributed by atoms with Gasteiger partial charge in [-0.15, -0.1) is 0 Å². The zero-order chi connectivity index (χ0) is 18.6. The van der Waals surface area contributed by atoms with Crippen LogP contribution in [0.5, 0.6) is 0 Å². The number of benzene rings is 1. The Bertz CT molecular complexity index is 505. The van der Waals surface area contributed by atoms with E-state index in [2.05, 4.69) is 6.92 Å². The lowest BCUT2D eigenvalue weighted by Gasteiger charge is -2.30. The molecule has 1 aromatic carbocycles. The molecule has 2 atom stereocenters. The smallest absolute Gasteiger partial charge is 0.410 e. The van der Waals surface area contributed by atoms with Gasteiger partial charge in [0.05, 0.1) is 0 Å². The number of nitrogens with zero attached hydrogens (tertiary/aromatic N) is 1. The van der Waals surface area contributed by atoms with Crippen molar-refractivity contribution < 1.29 is 14.6 Å². The zero-order valence-electron chi connectivity index (χ0n) is 16.2. The highest BCUT2D eigenvalue weighted by atomic mass is 16.6. The number of carbonyl (C=O) groups is 1. The summed E-state index contributed by atoms with van der Waals surface area (Å²) in [5.41, 5.74) is 1.02. The van der Waals surface area contributed by atoms with Gasteiger partial charge in [0.1, 0.15) is 6.61 Å². The molecule has 0 radical (unpaired) electrons. The quantitative estimate of drug-likeness (QED) is 0.545. The lowest BCUT2D eigenvalue weighted by Crippen LogP contribution is -2.41. The van der Waals surface area contributed by atoms with E-state index in [1.807, 2.05) is 35.2 Å². The van der Waals surface area contributed by atoms with Gasteiger partial charge in [0, 0.05) is 18.7 Å². The number of likely N-dealkylation sites (tertiary alicyclic amines) is 1. The van der Waals surface area contributed by atoms with Crippen molar-refractivity contribution in [1.29, 1.82) is 0 Å². The highest BCUT2D eigenvalue weighted by Gasteiger charge is 2.37. The highest BCUT2D eigenvalue weighted by molar-refractivity contribution is 5.69. The van der Waals surface area contributed by atoms with Gasteiger partial charge in [-0.25, -0.2) is 4.79 Å². The first-order valence-electron chi connectivity index (χ1n) is 10.4. The number of rotatable bonds is 11. The van der Waals surface area contributed by atoms with Crippen molar-refractivity contribution in [2.24, 2.45) is 0 Å². The predicted molar refractivity (Wildman–Crippen MR) is 105 cm³/mol. The van der Waals surface area contributed by atoms with Crippen LogP contribution in [0.2, 0.25) is 0 Å². The van der Waals surface area contributed by atoms with Gasteiger partial charge < -0.3 is 14.7 Å². The second kappa shape index (κ2) is 11.9. The summed E-state index contributed by atoms with van der Waals surface area (Å²) in [4.78, 5) is 14.8. The van der Waals surface area contributed by atoms with Crippen LogP contribution in [-0.2, 0) is 11.3 Å². The van der Waals surface area contributed by atoms with E-state index in [0.29, 0.717) is 12.6 Å². The van der Waals surface area contributed by atoms with Crippen LogP contribution < -0.4 is 0 Å². The van der Waals surface area contributed by atoms with Crippen LogP contribution in [0.3, 0.4) is 0 Å². The fourth-order valence-corrected chi connectivity index (χ4v) is 3.93. The van der Waals surface area contributed by atoms with Gasteiger partial charge in [-0.1, -0.05) is 69.4 Å². The average Bonchev–Trinajstić information content (AvgIpc) is 3.08. The maximum atomic E-state index is 12.8. The predicted octanol–water partition coefficient (Wildman–Crippen LogP) is 5.29. The number of hydrogen-bond acceptors (Lipinski definition) is 3. The fraction of sp³-hybridized carbons (Fsp3) is 0.682. The minimum Gasteiger partial charge on any atom is -0.445 e. The maximum absolute atomic E-state index is 12.8. The van der Waals surface area contributed by atoms with Gasteiger partial charge in [-0.2, -0.15) is 0 Å². The summed E-state index contributed by atoms with van der Waals surface area (Å²) >= 11 is 0. The lowest BCUT2D eigenvalue weighted by molar-refractivity contribution is 0.0733. The third-order valence-electron chi connectivity index (χ3n) is 5.37. The van der Waals surface area contributed by atoms with E-state index in [9.17, 15) is 4.79 Å². The molecule has 4 nitrogen and oxygen atoms in total. The molecular formula is C22H35NO3. The molecule has 4 heteroatoms. The molecule has 0 aliphatic carbocycles. The molecule has 0 aromatic heterocycles. The Labute approximate surface area is 158 Å². The molecule has 1 N–H and O–H groups in total. The summed E-state index contributed by atoms with van der Waals surface area (Å²) < 4.78 is 5.62. The highest BCUT2D eigenvalue weighted by Crippen LogP contribution is 2.31. The Morgan fingerprint density at radius 1 is 1.04 bits per heavy atom. The molecule has 1 amide bonds. The number of aliphatic hydroxyl groups excluding tert-OH is 1. The first kappa shape index (κ1) is 20.8. The van der Waals surface area contributed by atoms with E-state index in [-0.39, 0.29) is 18.7 Å². The number of carbonyl (C=O) groups excluding carboxylic acids is 1. The SMILES string of the molecule is CCCCCCC[C@@H]1CC[C@@H](CCCO)N1C(=O)OCc1ccccc1. The van der Waals surface area contributed by atoms with E-state index in [1.165, 1.54) is 32.1 Å². The third kappa shape index (κ3) is 6.64. The van der Waals surface area contributed by atoms with Crippen molar-refractivity contribution in [2.75, 3.05) is 6.61 Å². The summed E-state index contributed by atoms with van der Waals surface area (Å²) in [5.74, 6) is 0. The normalized spacial score (nSPS) is 19.7. The first-order valence-corrected chi connectivity index (χ1v) is 10.4. The van der Waals surface area contributed by atoms with Crippen LogP contribution in [-0.4, -0.2) is 34.8 Å². The van der Waals surface area contributed by atoms with E-state index in [0.717, 1.165) is 37.7 Å². The van der Waals surface area contributed by atoms with Crippen LogP contribution in [0, 0.1) is 0 Å². The van der Waals surface area contributed by atoms with Crippen molar-refractivity contribution in [2.45, 2.75) is 89.8 Å². The Kier molecular flexibility index (Phi) is 9.54. The Morgan fingerprint density at radius 3 is 2.35 bits per heavy atom. The summed E-state index contributed by atoms with van der Waals surface area (Å²) in [7, 11) is 0. The van der Waals surface area contributed by atoms with Crippen LogP contribution in [0.15, 0.2) is 30.3 Å². The van der Waals surface area contributed by atoms with Crippen molar-refractivity contribution in [3.8, 4) is 0 Å². The monoisotopic (exact) mass is 361 g/mol. The Hall–Kier alpha value is -1.55. The summed E-state index contributed by atoms with van der Waals surface area (Å²) in [5, 5.41) is 9.16. The maximum Gasteiger partial charge on any atom is 0.410 e. The number of ether oxygens (including phenoxy) is 1. The van der Waals surface area contributed by atoms with Gasteiger partial charge in [0.15, 0.2) is 0 Å². The zero-order valence-corrected chi connectivity index (χ0v) is 16.2. The molecule has 2 rings (SSSR count). The molecular weight excluding hydrogens is 326 g/mol. The van der Waals surface area contributed by atoms with E-state index >= 15 is 0 Å². The second-order valence-corrected chi connectivity index (χ2v) is 7.40. The van der Waals surface area contributed by atoms with Crippen LogP contribution in [0.4, 0.5) is 4.79 Å². The average molecular weight is 362 g/mol. The van der Waals surface area contributed by atoms with Gasteiger partial charge in [-0.05, 0) is 37.7 Å². The van der Waals surface area contributed by atoms with Gasteiger partial charge in [-0.3, -0.25) is 0 Å². The molecule has 0 unspecified atom stereocenters. The van der Waals surface area contributed by atoms with Crippen LogP contribution in [0.25, 0.3) is 0 Å². The van der Waals surface area contributed by atoms with E-state index in [4.69, 9.17) is 9.84 Å². The number of aliphatic hydroxyl groups is 1. The molecule has 1 aliphatic heterocycles. The van der Waals surface area contributed by atoms with Crippen molar-refractivity contribution >= 4 is 6.09 Å². The lowest BCUT2D eigenvalue weighted by atomic mass is 10.0. The van der Waals surface area contributed by atoms with Crippen molar-refractivity contribution in [1.82, 2.24) is 4.90 Å². The second-order valence-electron chi connectivity index (χ2n) is 7.40. The molecule has 1 heterocycles. The Morgan fingerprint density at radius 2 is 1.69 bits per heavy atom. The Balaban J connectivity index is 1.88. The molecule has 0 saturated carbocycles. The number of amides is 1. The van der Waals surface area contributed by atoms with Crippen LogP contribution >= 0.6 is 0 Å². The summed E-state index contributed by atoms with van der Waals surface area (Å²) in [6.07, 6.45) is 10.8. The van der Waals surface area contributed by atoms with Crippen molar-refractivity contribution in [3.63, 3.8) is 0 Å². The van der Waals surface area contributed by atoms with E-state index < -0.39 is 0 Å². The minimum atomic E-state index is -0.187. The first-order chi connectivity index (χ1) is 12.8. The standard InChI is InChI=1S/C22H35NO3/c1-2-3-4-5-9-13-20-15-16-21(14-10-17-24)23(20)22(25)26-18-19-11-7-6-8-12-19/h6-8,11-12,20-21,24H,2-5,9-10,13-18H2,1H3/t20-,21-/m1/s1. The molecule has 0 bridgehead atoms. The molecule has 1 fully saturated rings. The minimum absolute atomic E-state index is 0.186. The van der Waals surface area contributed by atoms with Crippen molar-refractivity contribution in [3.05, 3.63) is 35.9 Å². The number of hydrogen-bond donors (Lipinski definition) is 1. The molecule has 1 saturated heterocycles. The summed E-state index contributed by atoms with van der Waals surface area (Å²) in [6, 6.07) is 10.3. The van der Waals surface area contributed by atoms with Gasteiger partial charge >= 0.3 is 6.09 Å². The largest absolute Gasteiger partial charge is 0.445 e. The van der Waals surface area contributed by atoms with Gasteiger partial charge in [0.25, 0.3) is 0 Å². The molecule has 146 valence electrons. The molecule has 0 spiro atoms. The molecule has 1 aromatic rings. The third-order valence-corrected chi connectivity index (χ3v) is 5.37. The van der Waals surface area contributed by atoms with Gasteiger partial charge in [0.2, 0.25) is 0 Å².